The number of sulfonamides is 1. The van der Waals surface area contributed by atoms with E-state index >= 15 is 0 Å². The lowest BCUT2D eigenvalue weighted by atomic mass is 10.3. The van der Waals surface area contributed by atoms with Crippen molar-refractivity contribution in [2.45, 2.75) is 18.4 Å². The average Bonchev–Trinajstić information content (AvgIpc) is 2.91. The lowest BCUT2D eigenvalue weighted by Crippen LogP contribution is -2.23. The van der Waals surface area contributed by atoms with Gasteiger partial charge >= 0.3 is 5.97 Å². The molecule has 0 N–H and O–H groups in total. The number of carbonyl (C=O) groups excluding carboxylic acids is 1. The van der Waals surface area contributed by atoms with Crippen molar-refractivity contribution in [1.82, 2.24) is 4.57 Å². The van der Waals surface area contributed by atoms with Gasteiger partial charge in [-0.15, -0.1) is 4.40 Å². The van der Waals surface area contributed by atoms with Gasteiger partial charge < -0.3 is 9.30 Å². The maximum absolute atomic E-state index is 14.3. The summed E-state index contributed by atoms with van der Waals surface area (Å²) in [5.74, 6) is -3.21. The number of benzene rings is 2. The molecular formula is C17H13F3N2O4S2. The van der Waals surface area contributed by atoms with Crippen LogP contribution in [0.25, 0.3) is 10.2 Å². The summed E-state index contributed by atoms with van der Waals surface area (Å²) in [6, 6.07) is 5.59. The largest absolute Gasteiger partial charge is 0.465 e. The third kappa shape index (κ3) is 4.09. The third-order valence-corrected chi connectivity index (χ3v) is 6.02. The summed E-state index contributed by atoms with van der Waals surface area (Å²) in [4.78, 5) is 11.3. The highest BCUT2D eigenvalue weighted by atomic mass is 32.2. The van der Waals surface area contributed by atoms with Crippen LogP contribution in [-0.4, -0.2) is 25.6 Å². The molecule has 3 rings (SSSR count). The number of halogens is 3. The fraction of sp³-hybridized carbons (Fsp3) is 0.176. The van der Waals surface area contributed by atoms with Crippen molar-refractivity contribution < 1.29 is 31.1 Å². The van der Waals surface area contributed by atoms with Gasteiger partial charge in [0.15, 0.2) is 5.82 Å². The maximum atomic E-state index is 14.3. The van der Waals surface area contributed by atoms with Crippen molar-refractivity contribution in [3.8, 4) is 0 Å². The van der Waals surface area contributed by atoms with E-state index in [9.17, 15) is 26.4 Å². The molecule has 148 valence electrons. The number of thiazole rings is 1. The first-order valence-electron chi connectivity index (χ1n) is 7.92. The Kier molecular flexibility index (Phi) is 5.57. The number of carbonyl (C=O) groups is 1. The summed E-state index contributed by atoms with van der Waals surface area (Å²) in [6.07, 6.45) is 0. The van der Waals surface area contributed by atoms with Gasteiger partial charge in [-0.2, -0.15) is 8.42 Å². The van der Waals surface area contributed by atoms with Gasteiger partial charge in [0, 0.05) is 6.07 Å². The van der Waals surface area contributed by atoms with Crippen molar-refractivity contribution in [2.75, 3.05) is 6.61 Å². The summed E-state index contributed by atoms with van der Waals surface area (Å²) in [5.41, 5.74) is -0.174. The Hall–Kier alpha value is -2.66. The first-order valence-corrected chi connectivity index (χ1v) is 10.2. The highest BCUT2D eigenvalue weighted by Gasteiger charge is 2.19. The Morgan fingerprint density at radius 1 is 1.14 bits per heavy atom. The van der Waals surface area contributed by atoms with E-state index in [0.717, 1.165) is 34.9 Å². The molecule has 3 aromatic rings. The number of hydrogen-bond donors (Lipinski definition) is 0. The molecule has 1 heterocycles. The maximum Gasteiger partial charge on any atom is 0.326 e. The topological polar surface area (TPSA) is 77.7 Å². The fourth-order valence-electron chi connectivity index (χ4n) is 2.44. The second-order valence-electron chi connectivity index (χ2n) is 5.53. The molecule has 28 heavy (non-hydrogen) atoms. The molecule has 0 fully saturated rings. The zero-order valence-electron chi connectivity index (χ0n) is 14.4. The van der Waals surface area contributed by atoms with Crippen LogP contribution in [0.4, 0.5) is 13.2 Å². The van der Waals surface area contributed by atoms with Crippen molar-refractivity contribution in [3.05, 3.63) is 58.7 Å². The average molecular weight is 430 g/mol. The van der Waals surface area contributed by atoms with Gasteiger partial charge in [0.2, 0.25) is 4.80 Å². The minimum atomic E-state index is -4.29. The van der Waals surface area contributed by atoms with Gasteiger partial charge in [-0.25, -0.2) is 13.2 Å². The van der Waals surface area contributed by atoms with E-state index in [4.69, 9.17) is 4.74 Å². The molecule has 0 saturated heterocycles. The number of fused-ring (bicyclic) bond motifs is 1. The van der Waals surface area contributed by atoms with Crippen LogP contribution in [0.2, 0.25) is 0 Å². The molecule has 1 aromatic heterocycles. The van der Waals surface area contributed by atoms with Crippen LogP contribution in [0.3, 0.4) is 0 Å². The van der Waals surface area contributed by atoms with Gasteiger partial charge in [0.05, 0.1) is 21.7 Å². The number of nitrogens with zero attached hydrogens (tertiary/aromatic N) is 2. The van der Waals surface area contributed by atoms with Crippen molar-refractivity contribution >= 4 is 37.5 Å². The van der Waals surface area contributed by atoms with Gasteiger partial charge in [-0.3, -0.25) is 4.79 Å². The summed E-state index contributed by atoms with van der Waals surface area (Å²) >= 11 is 0.692. The van der Waals surface area contributed by atoms with E-state index in [1.165, 1.54) is 0 Å². The minimum Gasteiger partial charge on any atom is -0.465 e. The second kappa shape index (κ2) is 7.76. The number of esters is 1. The highest BCUT2D eigenvalue weighted by molar-refractivity contribution is 7.90. The molecule has 2 aromatic carbocycles. The molecular weight excluding hydrogens is 417 g/mol. The molecule has 6 nitrogen and oxygen atoms in total. The summed E-state index contributed by atoms with van der Waals surface area (Å²) < 4.78 is 75.5. The molecule has 0 aliphatic carbocycles. The van der Waals surface area contributed by atoms with Crippen LogP contribution in [0, 0.1) is 17.5 Å². The Bertz CT molecular complexity index is 1220. The molecule has 0 aliphatic heterocycles. The zero-order chi connectivity index (χ0) is 20.5. The number of rotatable bonds is 5. The van der Waals surface area contributed by atoms with Crippen molar-refractivity contribution in [1.29, 1.82) is 0 Å². The van der Waals surface area contributed by atoms with Gasteiger partial charge in [-0.1, -0.05) is 11.3 Å². The van der Waals surface area contributed by atoms with Crippen LogP contribution < -0.4 is 4.80 Å². The van der Waals surface area contributed by atoms with Crippen molar-refractivity contribution in [2.24, 2.45) is 4.40 Å². The van der Waals surface area contributed by atoms with Crippen LogP contribution in [0.15, 0.2) is 45.7 Å². The van der Waals surface area contributed by atoms with Gasteiger partial charge in [0.25, 0.3) is 10.0 Å². The van der Waals surface area contributed by atoms with E-state index in [-0.39, 0.29) is 26.5 Å². The van der Waals surface area contributed by atoms with Gasteiger partial charge in [-0.05, 0) is 37.3 Å². The molecule has 11 heteroatoms. The number of hydrogen-bond acceptors (Lipinski definition) is 5. The van der Waals surface area contributed by atoms with E-state index in [0.29, 0.717) is 17.4 Å². The quantitative estimate of drug-likeness (QED) is 0.583. The third-order valence-electron chi connectivity index (χ3n) is 3.60. The molecule has 0 aliphatic rings. The fourth-order valence-corrected chi connectivity index (χ4v) is 4.72. The lowest BCUT2D eigenvalue weighted by Gasteiger charge is -2.06. The molecule has 0 bridgehead atoms. The van der Waals surface area contributed by atoms with E-state index in [1.54, 1.807) is 6.92 Å². The second-order valence-corrected chi connectivity index (χ2v) is 8.14. The normalized spacial score (nSPS) is 12.5. The summed E-state index contributed by atoms with van der Waals surface area (Å²) in [7, 11) is -4.29. The summed E-state index contributed by atoms with van der Waals surface area (Å²) in [6.45, 7) is 1.13. The molecule has 0 atom stereocenters. The van der Waals surface area contributed by atoms with E-state index in [2.05, 4.69) is 4.40 Å². The first kappa shape index (κ1) is 20.1. The van der Waals surface area contributed by atoms with E-state index in [1.807, 2.05) is 0 Å². The SMILES string of the molecule is CCOC(=O)Cn1/c(=N/S(=O)(=O)c2ccc(F)cc2)sc2cc(F)cc(F)c21. The molecule has 0 unspecified atom stereocenters. The zero-order valence-corrected chi connectivity index (χ0v) is 16.0. The van der Waals surface area contributed by atoms with Crippen LogP contribution >= 0.6 is 11.3 Å². The lowest BCUT2D eigenvalue weighted by molar-refractivity contribution is -0.143. The monoisotopic (exact) mass is 430 g/mol. The molecule has 0 saturated carbocycles. The standard InChI is InChI=1S/C17H13F3N2O4S2/c1-2-26-15(23)9-22-16-13(20)7-11(19)8-14(16)27-17(22)21-28(24,25)12-5-3-10(18)4-6-12/h3-8H,2,9H2,1H3/b21-17-. The highest BCUT2D eigenvalue weighted by Crippen LogP contribution is 2.23. The Morgan fingerprint density at radius 2 is 1.82 bits per heavy atom. The smallest absolute Gasteiger partial charge is 0.326 e. The van der Waals surface area contributed by atoms with Crippen molar-refractivity contribution in [3.63, 3.8) is 0 Å². The van der Waals surface area contributed by atoms with Gasteiger partial charge in [0.1, 0.15) is 18.2 Å². The Labute approximate surface area is 161 Å². The molecule has 0 amide bonds. The first-order chi connectivity index (χ1) is 13.2. The summed E-state index contributed by atoms with van der Waals surface area (Å²) in [5, 5.41) is 0. The van der Waals surface area contributed by atoms with E-state index < -0.39 is 40.0 Å². The minimum absolute atomic E-state index is 0.0647. The molecule has 0 spiro atoms. The Morgan fingerprint density at radius 3 is 2.46 bits per heavy atom. The van der Waals surface area contributed by atoms with Crippen LogP contribution in [0.5, 0.6) is 0 Å². The number of ether oxygens (including phenoxy) is 1. The van der Waals surface area contributed by atoms with Crippen LogP contribution in [0.1, 0.15) is 6.92 Å². The number of aromatic nitrogens is 1. The Balaban J connectivity index is 2.24. The predicted molar refractivity (Wildman–Crippen MR) is 95.5 cm³/mol. The van der Waals surface area contributed by atoms with Crippen LogP contribution in [-0.2, 0) is 26.1 Å². The predicted octanol–water partition coefficient (Wildman–Crippen LogP) is 2.97. The molecule has 0 radical (unpaired) electrons.